The minimum absolute atomic E-state index is 0.0270. The van der Waals surface area contributed by atoms with Gasteiger partial charge >= 0.3 is 0 Å². The summed E-state index contributed by atoms with van der Waals surface area (Å²) in [6.45, 7) is 3.44. The van der Waals surface area contributed by atoms with Gasteiger partial charge in [-0.1, -0.05) is 18.5 Å². The highest BCUT2D eigenvalue weighted by Gasteiger charge is 2.30. The van der Waals surface area contributed by atoms with E-state index in [1.807, 2.05) is 4.90 Å². The molecule has 0 spiro atoms. The standard InChI is InChI=1S/C15H21ClN2O2/c1-10-5-6-18(12(7-10)9-17)15(19)13-4-3-11(16)8-14(13)20-2/h3-4,8,10,12H,5-7,9,17H2,1-2H3. The van der Waals surface area contributed by atoms with Crippen LogP contribution in [0.2, 0.25) is 5.02 Å². The van der Waals surface area contributed by atoms with Gasteiger partial charge in [0.25, 0.3) is 5.91 Å². The van der Waals surface area contributed by atoms with E-state index in [-0.39, 0.29) is 11.9 Å². The lowest BCUT2D eigenvalue weighted by Crippen LogP contribution is -2.49. The maximum Gasteiger partial charge on any atom is 0.257 e. The Bertz CT molecular complexity index is 493. The van der Waals surface area contributed by atoms with Crippen molar-refractivity contribution in [3.8, 4) is 5.75 Å². The number of nitrogens with zero attached hydrogens (tertiary/aromatic N) is 1. The molecule has 1 amide bonds. The van der Waals surface area contributed by atoms with E-state index in [0.717, 1.165) is 19.4 Å². The second kappa shape index (κ2) is 6.46. The van der Waals surface area contributed by atoms with E-state index in [9.17, 15) is 4.79 Å². The minimum atomic E-state index is -0.0270. The summed E-state index contributed by atoms with van der Waals surface area (Å²) in [5.74, 6) is 1.09. The molecular formula is C15H21ClN2O2. The number of carbonyl (C=O) groups is 1. The van der Waals surface area contributed by atoms with E-state index >= 15 is 0 Å². The lowest BCUT2D eigenvalue weighted by molar-refractivity contribution is 0.0570. The largest absolute Gasteiger partial charge is 0.496 e. The molecule has 1 aromatic rings. The Morgan fingerprint density at radius 2 is 2.30 bits per heavy atom. The summed E-state index contributed by atoms with van der Waals surface area (Å²) in [6.07, 6.45) is 1.97. The number of halogens is 1. The van der Waals surface area contributed by atoms with Crippen molar-refractivity contribution >= 4 is 17.5 Å². The van der Waals surface area contributed by atoms with Crippen LogP contribution in [0.4, 0.5) is 0 Å². The monoisotopic (exact) mass is 296 g/mol. The van der Waals surface area contributed by atoms with Crippen molar-refractivity contribution < 1.29 is 9.53 Å². The Hall–Kier alpha value is -1.26. The molecule has 1 aromatic carbocycles. The second-order valence-electron chi connectivity index (χ2n) is 5.36. The number of hydrogen-bond acceptors (Lipinski definition) is 3. The molecule has 4 nitrogen and oxygen atoms in total. The highest BCUT2D eigenvalue weighted by Crippen LogP contribution is 2.28. The Balaban J connectivity index is 2.26. The van der Waals surface area contributed by atoms with Gasteiger partial charge in [0.15, 0.2) is 0 Å². The van der Waals surface area contributed by atoms with Gasteiger partial charge in [0.1, 0.15) is 5.75 Å². The summed E-state index contributed by atoms with van der Waals surface area (Å²) < 4.78 is 5.26. The number of piperidine rings is 1. The zero-order chi connectivity index (χ0) is 14.7. The first-order chi connectivity index (χ1) is 9.56. The van der Waals surface area contributed by atoms with Crippen molar-refractivity contribution in [3.63, 3.8) is 0 Å². The quantitative estimate of drug-likeness (QED) is 0.932. The summed E-state index contributed by atoms with van der Waals surface area (Å²) in [7, 11) is 1.54. The maximum atomic E-state index is 12.7. The van der Waals surface area contributed by atoms with Crippen LogP contribution >= 0.6 is 11.6 Å². The topological polar surface area (TPSA) is 55.6 Å². The number of nitrogens with two attached hydrogens (primary N) is 1. The number of amides is 1. The summed E-state index contributed by atoms with van der Waals surface area (Å²) in [6, 6.07) is 5.20. The summed E-state index contributed by atoms with van der Waals surface area (Å²) in [4.78, 5) is 14.6. The molecule has 1 heterocycles. The number of rotatable bonds is 3. The van der Waals surface area contributed by atoms with Crippen LogP contribution in [0.5, 0.6) is 5.75 Å². The van der Waals surface area contributed by atoms with Crippen LogP contribution in [-0.4, -0.2) is 37.0 Å². The van der Waals surface area contributed by atoms with Crippen molar-refractivity contribution in [2.75, 3.05) is 20.2 Å². The average molecular weight is 297 g/mol. The van der Waals surface area contributed by atoms with Crippen LogP contribution in [0.3, 0.4) is 0 Å². The third-order valence-corrected chi connectivity index (χ3v) is 4.14. The predicted molar refractivity (Wildman–Crippen MR) is 80.3 cm³/mol. The summed E-state index contributed by atoms with van der Waals surface area (Å²) >= 11 is 5.94. The molecule has 5 heteroatoms. The summed E-state index contributed by atoms with van der Waals surface area (Å²) in [5, 5.41) is 0.557. The first-order valence-corrected chi connectivity index (χ1v) is 7.29. The van der Waals surface area contributed by atoms with E-state index in [0.29, 0.717) is 28.8 Å². The van der Waals surface area contributed by atoms with E-state index in [1.165, 1.54) is 0 Å². The van der Waals surface area contributed by atoms with Crippen LogP contribution in [0.15, 0.2) is 18.2 Å². The van der Waals surface area contributed by atoms with Crippen LogP contribution in [-0.2, 0) is 0 Å². The van der Waals surface area contributed by atoms with Gasteiger partial charge < -0.3 is 15.4 Å². The molecule has 0 radical (unpaired) electrons. The first kappa shape index (κ1) is 15.1. The van der Waals surface area contributed by atoms with Gasteiger partial charge in [0.05, 0.1) is 12.7 Å². The zero-order valence-corrected chi connectivity index (χ0v) is 12.7. The van der Waals surface area contributed by atoms with Gasteiger partial charge in [-0.25, -0.2) is 0 Å². The third-order valence-electron chi connectivity index (χ3n) is 3.90. The molecule has 2 atom stereocenters. The Morgan fingerprint density at radius 3 is 2.95 bits per heavy atom. The molecule has 2 rings (SSSR count). The SMILES string of the molecule is COc1cc(Cl)ccc1C(=O)N1CCC(C)CC1CN. The zero-order valence-electron chi connectivity index (χ0n) is 11.9. The lowest BCUT2D eigenvalue weighted by Gasteiger charge is -2.38. The van der Waals surface area contributed by atoms with Gasteiger partial charge in [0, 0.05) is 24.2 Å². The van der Waals surface area contributed by atoms with E-state index in [2.05, 4.69) is 6.92 Å². The van der Waals surface area contributed by atoms with Crippen LogP contribution in [0.25, 0.3) is 0 Å². The number of carbonyl (C=O) groups excluding carboxylic acids is 1. The number of benzene rings is 1. The van der Waals surface area contributed by atoms with Crippen molar-refractivity contribution in [2.24, 2.45) is 11.7 Å². The molecule has 0 bridgehead atoms. The van der Waals surface area contributed by atoms with Crippen LogP contribution in [0, 0.1) is 5.92 Å². The van der Waals surface area contributed by atoms with Crippen LogP contribution in [0.1, 0.15) is 30.1 Å². The molecule has 2 unspecified atom stereocenters. The van der Waals surface area contributed by atoms with Gasteiger partial charge in [-0.05, 0) is 37.0 Å². The average Bonchev–Trinajstić information content (AvgIpc) is 2.46. The maximum absolute atomic E-state index is 12.7. The number of hydrogen-bond donors (Lipinski definition) is 1. The fourth-order valence-corrected chi connectivity index (χ4v) is 2.90. The van der Waals surface area contributed by atoms with E-state index < -0.39 is 0 Å². The van der Waals surface area contributed by atoms with Crippen molar-refractivity contribution in [1.82, 2.24) is 4.90 Å². The fourth-order valence-electron chi connectivity index (χ4n) is 2.74. The second-order valence-corrected chi connectivity index (χ2v) is 5.80. The smallest absolute Gasteiger partial charge is 0.257 e. The number of likely N-dealkylation sites (tertiary alicyclic amines) is 1. The molecule has 0 aromatic heterocycles. The molecule has 110 valence electrons. The highest BCUT2D eigenvalue weighted by molar-refractivity contribution is 6.30. The van der Waals surface area contributed by atoms with Crippen molar-refractivity contribution in [1.29, 1.82) is 0 Å². The molecule has 1 aliphatic heterocycles. The Morgan fingerprint density at radius 1 is 1.55 bits per heavy atom. The fraction of sp³-hybridized carbons (Fsp3) is 0.533. The van der Waals surface area contributed by atoms with Gasteiger partial charge in [0.2, 0.25) is 0 Å². The third kappa shape index (κ3) is 3.07. The predicted octanol–water partition coefficient (Wildman–Crippen LogP) is 2.55. The first-order valence-electron chi connectivity index (χ1n) is 6.91. The van der Waals surface area contributed by atoms with Gasteiger partial charge in [-0.2, -0.15) is 0 Å². The van der Waals surface area contributed by atoms with Crippen molar-refractivity contribution in [3.05, 3.63) is 28.8 Å². The van der Waals surface area contributed by atoms with Crippen LogP contribution < -0.4 is 10.5 Å². The lowest BCUT2D eigenvalue weighted by atomic mass is 9.92. The van der Waals surface area contributed by atoms with Gasteiger partial charge in [-0.15, -0.1) is 0 Å². The molecule has 1 saturated heterocycles. The molecule has 20 heavy (non-hydrogen) atoms. The molecule has 0 aliphatic carbocycles. The number of ether oxygens (including phenoxy) is 1. The molecule has 1 fully saturated rings. The molecule has 2 N–H and O–H groups in total. The van der Waals surface area contributed by atoms with Gasteiger partial charge in [-0.3, -0.25) is 4.79 Å². The molecule has 0 saturated carbocycles. The minimum Gasteiger partial charge on any atom is -0.496 e. The highest BCUT2D eigenvalue weighted by atomic mass is 35.5. The molecular weight excluding hydrogens is 276 g/mol. The Kier molecular flexibility index (Phi) is 4.89. The molecule has 1 aliphatic rings. The van der Waals surface area contributed by atoms with E-state index in [1.54, 1.807) is 25.3 Å². The van der Waals surface area contributed by atoms with E-state index in [4.69, 9.17) is 22.1 Å². The normalized spacial score (nSPS) is 22.7. The van der Waals surface area contributed by atoms with Crippen molar-refractivity contribution in [2.45, 2.75) is 25.8 Å². The Labute approximate surface area is 124 Å². The number of methoxy groups -OCH3 is 1. The summed E-state index contributed by atoms with van der Waals surface area (Å²) in [5.41, 5.74) is 6.37.